The van der Waals surface area contributed by atoms with Crippen molar-refractivity contribution in [3.63, 3.8) is 0 Å². The maximum Gasteiger partial charge on any atom is 0.131 e. The molecule has 3 aromatic rings. The van der Waals surface area contributed by atoms with Crippen LogP contribution in [0.5, 0.6) is 0 Å². The highest BCUT2D eigenvalue weighted by atomic mass is 79.9. The molecule has 3 atom stereocenters. The van der Waals surface area contributed by atoms with Gasteiger partial charge < -0.3 is 15.8 Å². The number of nitrogens with one attached hydrogen (secondary N) is 1. The molecular formula is C19H20BrCl2N3OS2. The summed E-state index contributed by atoms with van der Waals surface area (Å²) in [5.74, 6) is 0.178. The number of anilines is 1. The minimum atomic E-state index is -0.0950. The third-order valence-electron chi connectivity index (χ3n) is 4.78. The van der Waals surface area contributed by atoms with Crippen molar-refractivity contribution < 1.29 is 4.74 Å². The molecule has 0 saturated heterocycles. The molecule has 0 saturated carbocycles. The van der Waals surface area contributed by atoms with E-state index in [1.165, 1.54) is 9.75 Å². The predicted octanol–water partition coefficient (Wildman–Crippen LogP) is 6.19. The van der Waals surface area contributed by atoms with Crippen LogP contribution in [0.4, 0.5) is 5.69 Å². The summed E-state index contributed by atoms with van der Waals surface area (Å²) in [5, 5.41) is 6.07. The molecule has 3 N–H and O–H groups in total. The molecule has 1 aliphatic carbocycles. The van der Waals surface area contributed by atoms with Gasteiger partial charge in [-0.2, -0.15) is 0 Å². The Kier molecular flexibility index (Phi) is 7.42. The molecule has 0 spiro atoms. The first-order valence-corrected chi connectivity index (χ1v) is 11.4. The van der Waals surface area contributed by atoms with Gasteiger partial charge in [0.15, 0.2) is 0 Å². The van der Waals surface area contributed by atoms with E-state index in [1.54, 1.807) is 29.8 Å². The highest BCUT2D eigenvalue weighted by Gasteiger charge is 2.32. The van der Waals surface area contributed by atoms with Gasteiger partial charge in [-0.05, 0) is 33.8 Å². The van der Waals surface area contributed by atoms with Crippen molar-refractivity contribution in [1.82, 2.24) is 4.98 Å². The zero-order valence-corrected chi connectivity index (χ0v) is 19.8. The maximum absolute atomic E-state index is 6.50. The summed E-state index contributed by atoms with van der Waals surface area (Å²) < 4.78 is 7.59. The van der Waals surface area contributed by atoms with Gasteiger partial charge in [-0.15, -0.1) is 35.1 Å². The van der Waals surface area contributed by atoms with Crippen molar-refractivity contribution in [2.24, 2.45) is 5.73 Å². The largest absolute Gasteiger partial charge is 0.379 e. The smallest absolute Gasteiger partial charge is 0.131 e. The summed E-state index contributed by atoms with van der Waals surface area (Å²) in [7, 11) is 1.70. The van der Waals surface area contributed by atoms with Crippen molar-refractivity contribution in [2.75, 3.05) is 12.4 Å². The van der Waals surface area contributed by atoms with Crippen LogP contribution in [-0.2, 0) is 11.3 Å². The van der Waals surface area contributed by atoms with E-state index in [1.807, 2.05) is 12.1 Å². The minimum Gasteiger partial charge on any atom is -0.379 e. The molecule has 0 unspecified atom stereocenters. The van der Waals surface area contributed by atoms with Gasteiger partial charge in [0.1, 0.15) is 5.15 Å². The number of nitrogens with two attached hydrogens (primary N) is 1. The van der Waals surface area contributed by atoms with E-state index in [0.29, 0.717) is 5.15 Å². The topological polar surface area (TPSA) is 60.2 Å². The zero-order chi connectivity index (χ0) is 19.0. The van der Waals surface area contributed by atoms with Gasteiger partial charge in [-0.25, -0.2) is 4.98 Å². The van der Waals surface area contributed by atoms with Crippen molar-refractivity contribution in [3.8, 4) is 0 Å². The number of methoxy groups -OCH3 is 1. The van der Waals surface area contributed by atoms with Gasteiger partial charge in [-0.3, -0.25) is 0 Å². The number of aromatic nitrogens is 1. The van der Waals surface area contributed by atoms with Crippen LogP contribution in [0.3, 0.4) is 0 Å². The third kappa shape index (κ3) is 4.26. The van der Waals surface area contributed by atoms with Crippen molar-refractivity contribution in [3.05, 3.63) is 55.1 Å². The van der Waals surface area contributed by atoms with Crippen LogP contribution in [0.15, 0.2) is 40.2 Å². The van der Waals surface area contributed by atoms with Crippen LogP contribution in [0.2, 0.25) is 5.15 Å². The molecule has 28 heavy (non-hydrogen) atoms. The molecule has 0 aromatic carbocycles. The van der Waals surface area contributed by atoms with E-state index >= 15 is 0 Å². The second-order valence-corrected chi connectivity index (χ2v) is 9.70. The second-order valence-electron chi connectivity index (χ2n) is 6.43. The average molecular weight is 521 g/mol. The van der Waals surface area contributed by atoms with E-state index in [9.17, 15) is 0 Å². The lowest BCUT2D eigenvalue weighted by Crippen LogP contribution is -2.41. The fourth-order valence-electron chi connectivity index (χ4n) is 3.38. The molecule has 0 bridgehead atoms. The van der Waals surface area contributed by atoms with Crippen molar-refractivity contribution in [1.29, 1.82) is 0 Å². The van der Waals surface area contributed by atoms with E-state index in [0.717, 1.165) is 33.3 Å². The van der Waals surface area contributed by atoms with Gasteiger partial charge in [0, 0.05) is 41.4 Å². The number of hydrogen-bond acceptors (Lipinski definition) is 6. The number of ether oxygens (including phenoxy) is 1. The van der Waals surface area contributed by atoms with Crippen LogP contribution >= 0.6 is 62.6 Å². The number of hydrogen-bond donors (Lipinski definition) is 2. The summed E-state index contributed by atoms with van der Waals surface area (Å²) in [6, 6.07) is 5.97. The Labute approximate surface area is 191 Å². The fraction of sp³-hybridized carbons (Fsp3) is 0.316. The van der Waals surface area contributed by atoms with Crippen LogP contribution in [-0.4, -0.2) is 24.2 Å². The Morgan fingerprint density at radius 2 is 2.29 bits per heavy atom. The van der Waals surface area contributed by atoms with E-state index in [2.05, 4.69) is 49.8 Å². The molecule has 0 amide bonds. The summed E-state index contributed by atoms with van der Waals surface area (Å²) in [5.41, 5.74) is 8.38. The third-order valence-corrected chi connectivity index (χ3v) is 8.26. The SMILES string of the molecule is CO[C@@H]1C=CC[C@H](c2sc3c(NCc4cccs4)cc(Cl)nc3c2Br)[C@H]1N.Cl. The van der Waals surface area contributed by atoms with Crippen LogP contribution < -0.4 is 11.1 Å². The summed E-state index contributed by atoms with van der Waals surface area (Å²) in [4.78, 5) is 7.03. The zero-order valence-electron chi connectivity index (χ0n) is 15.0. The van der Waals surface area contributed by atoms with E-state index in [4.69, 9.17) is 22.1 Å². The Bertz CT molecular complexity index is 977. The van der Waals surface area contributed by atoms with Crippen LogP contribution in [0, 0.1) is 0 Å². The molecule has 4 nitrogen and oxygen atoms in total. The number of rotatable bonds is 5. The second kappa shape index (κ2) is 9.43. The average Bonchev–Trinajstić information content (AvgIpc) is 3.29. The first-order chi connectivity index (χ1) is 13.1. The van der Waals surface area contributed by atoms with Crippen molar-refractivity contribution in [2.45, 2.75) is 31.0 Å². The van der Waals surface area contributed by atoms with Gasteiger partial charge in [0.25, 0.3) is 0 Å². The quantitative estimate of drug-likeness (QED) is 0.311. The number of fused-ring (bicyclic) bond motifs is 1. The van der Waals surface area contributed by atoms with Crippen molar-refractivity contribution >= 4 is 78.5 Å². The lowest BCUT2D eigenvalue weighted by atomic mass is 9.86. The molecule has 0 fully saturated rings. The Balaban J connectivity index is 0.00000225. The fourth-order valence-corrected chi connectivity index (χ4v) is 6.47. The highest BCUT2D eigenvalue weighted by molar-refractivity contribution is 9.10. The maximum atomic E-state index is 6.50. The lowest BCUT2D eigenvalue weighted by molar-refractivity contribution is 0.105. The molecule has 0 aliphatic heterocycles. The van der Waals surface area contributed by atoms with E-state index in [-0.39, 0.29) is 30.5 Å². The van der Waals surface area contributed by atoms with Crippen LogP contribution in [0.1, 0.15) is 22.1 Å². The number of allylic oxidation sites excluding steroid dienone is 1. The Morgan fingerprint density at radius 1 is 1.46 bits per heavy atom. The summed E-state index contributed by atoms with van der Waals surface area (Å²) in [6.07, 6.45) is 5.01. The Morgan fingerprint density at radius 3 is 3.00 bits per heavy atom. The summed E-state index contributed by atoms with van der Waals surface area (Å²) in [6.45, 7) is 0.759. The standard InChI is InChI=1S/C19H19BrClN3OS2.ClH/c1-25-13-6-2-5-11(16(13)22)18-15(20)17-19(27-18)12(8-14(21)24-17)23-9-10-4-3-7-26-10;/h2-4,6-8,11,13,16H,5,9,22H2,1H3,(H,23,24);1H/t11-,13+,16+;/m0./s1. The molecule has 3 aromatic heterocycles. The molecular weight excluding hydrogens is 501 g/mol. The normalized spacial score (nSPS) is 21.6. The number of halogens is 3. The van der Waals surface area contributed by atoms with Gasteiger partial charge in [-0.1, -0.05) is 29.8 Å². The molecule has 150 valence electrons. The minimum absolute atomic E-state index is 0. The molecule has 1 aliphatic rings. The molecule has 9 heteroatoms. The number of pyridine rings is 1. The first-order valence-electron chi connectivity index (χ1n) is 8.58. The monoisotopic (exact) mass is 519 g/mol. The lowest BCUT2D eigenvalue weighted by Gasteiger charge is -2.30. The predicted molar refractivity (Wildman–Crippen MR) is 126 cm³/mol. The van der Waals surface area contributed by atoms with Gasteiger partial charge in [0.2, 0.25) is 0 Å². The highest BCUT2D eigenvalue weighted by Crippen LogP contribution is 2.46. The summed E-state index contributed by atoms with van der Waals surface area (Å²) >= 11 is 13.5. The molecule has 4 rings (SSSR count). The molecule has 3 heterocycles. The Hall–Kier alpha value is -0.670. The van der Waals surface area contributed by atoms with E-state index < -0.39 is 0 Å². The molecule has 0 radical (unpaired) electrons. The number of nitrogens with zero attached hydrogens (tertiary/aromatic N) is 1. The number of thiophene rings is 2. The van der Waals surface area contributed by atoms with Gasteiger partial charge >= 0.3 is 0 Å². The van der Waals surface area contributed by atoms with Gasteiger partial charge in [0.05, 0.1) is 26.5 Å². The van der Waals surface area contributed by atoms with Crippen LogP contribution in [0.25, 0.3) is 10.2 Å². The first kappa shape index (κ1) is 22.0.